The van der Waals surface area contributed by atoms with Crippen LogP contribution in [0.3, 0.4) is 0 Å². The number of aliphatic carboxylic acids is 1. The molecule has 6 aliphatic rings. The molecule has 115 heavy (non-hydrogen) atoms. The molecule has 10 heterocycles. The Morgan fingerprint density at radius 2 is 0.800 bits per heavy atom. The molecule has 0 aliphatic carbocycles. The molecule has 2 N–H and O–H groups in total. The Kier molecular flexibility index (Phi) is 41.9. The van der Waals surface area contributed by atoms with Gasteiger partial charge in [-0.1, -0.05) is 7.43 Å². The lowest BCUT2D eigenvalue weighted by atomic mass is 9.76. The zero-order valence-electron chi connectivity index (χ0n) is 66.0. The van der Waals surface area contributed by atoms with Crippen molar-refractivity contribution in [3.63, 3.8) is 0 Å². The number of hydrogen-bond donors (Lipinski definition) is 2. The fraction of sp³-hybridized carbons (Fsp3) is 0.644. The highest BCUT2D eigenvalue weighted by Crippen LogP contribution is 2.41. The quantitative estimate of drug-likeness (QED) is 0.0893. The number of hydrogen-bond acceptors (Lipinski definition) is 23. The first kappa shape index (κ1) is 106. The van der Waals surface area contributed by atoms with Crippen molar-refractivity contribution in [2.24, 2.45) is 32.5 Å². The van der Waals surface area contributed by atoms with Crippen LogP contribution in [-0.2, 0) is 47.5 Å². The first-order valence-electron chi connectivity index (χ1n) is 35.3. The van der Waals surface area contributed by atoms with Crippen molar-refractivity contribution in [3.05, 3.63) is 90.2 Å². The SMILES string of the molecule is C.CC(=O)C1(C)CCN(C(=O)OC(C)(C)C)C=C1F.CC(=O)[C@@]1(C)CCN(C(=O)OC(C)(C)C)C[C@H]1F.CC(=O)[C@@]1(C)CCN(c2ncc(F)cn2)C[C@H]1F.CC(=O)[C@@]1(C)CCNC[C@H]1F.C[C@]1(C(=O)Cl)CCN(c2ncc(F)cn2)C[C@H]1F.C[C@]1(C(=O)O)CCN(c2ncc(F)cn2)C[C@H]1F.Cl.Fc1cnc(Cl)nc1.O=S(Cl)Cl. The Labute approximate surface area is 691 Å². The van der Waals surface area contributed by atoms with Gasteiger partial charge in [0.25, 0.3) is 0 Å². The van der Waals surface area contributed by atoms with E-state index >= 15 is 0 Å². The maximum atomic E-state index is 14.1. The van der Waals surface area contributed by atoms with Crippen LogP contribution in [0.2, 0.25) is 5.28 Å². The minimum absolute atomic E-state index is 0. The van der Waals surface area contributed by atoms with E-state index in [9.17, 15) is 82.3 Å². The number of rotatable bonds is 9. The number of ether oxygens (including phenoxy) is 2. The largest absolute Gasteiger partial charge is 0.481 e. The van der Waals surface area contributed by atoms with Crippen LogP contribution in [0.5, 0.6) is 0 Å². The molecule has 26 nitrogen and oxygen atoms in total. The minimum Gasteiger partial charge on any atom is -0.481 e. The molecule has 6 aliphatic heterocycles. The van der Waals surface area contributed by atoms with Gasteiger partial charge in [-0.05, 0) is 179 Å². The molecule has 4 aromatic heterocycles. The van der Waals surface area contributed by atoms with Crippen molar-refractivity contribution in [2.75, 3.05) is 86.7 Å². The second kappa shape index (κ2) is 45.6. The van der Waals surface area contributed by atoms with Crippen LogP contribution in [-0.4, -0.2) is 220 Å². The average molecular weight is 1770 g/mol. The third-order valence-electron chi connectivity index (χ3n) is 20.0. The van der Waals surface area contributed by atoms with Crippen LogP contribution in [0.15, 0.2) is 61.6 Å². The number of carbonyl (C=O) groups excluding carboxylic acids is 7. The van der Waals surface area contributed by atoms with Gasteiger partial charge in [0, 0.05) is 66.8 Å². The number of likely N-dealkylation sites (tertiary alicyclic amines) is 1. The standard InChI is InChI=1S/C13H22FNO3.C13H20FNO3.C12H15F2N3O.C11H12ClF2N3O.C11H13F2N3O2.C8H14FNO.C4H2ClFN2.CH4.Cl2OS.ClH/c2*1-9(16)13(5)6-7-15(8-10(13)14)11(17)18-12(2,3)4;1-8(18)12(2)3-4-17(7-10(12)14)11-15-5-9(13)6-16-11;1-11(9(12)18)2-3-17(6-8(11)14)10-15-4-7(13)5-16-10;1-11(9(17)18)2-3-16(6-8(11)13)10-14-4-7(12)5-15-10;1-6(11)8(2)3-4-10-5-7(8)9;5-4-7-1-3(6)2-8-4;;1-4(2)3;/h10H,6-8H2,1-5H3;8H,6-7H2,1-5H3;5-6,10H,3-4,7H2,1-2H3;4-5,8H,2-3,6H2,1H3;4-5,8H,2-3,6H2,1H3,(H,17,18);7,10H,3-5H2,1-2H3;1-2H;1H4;;1H/t10-,13-;;10-,12-;2*8-,11+;7-,8-;;;;/m1.1111..../s1. The van der Waals surface area contributed by atoms with E-state index in [-0.39, 0.29) is 112 Å². The summed E-state index contributed by atoms with van der Waals surface area (Å²) in [5, 5.41) is 11.3. The van der Waals surface area contributed by atoms with Gasteiger partial charge in [0.15, 0.2) is 23.3 Å². The molecule has 0 spiro atoms. The Bertz CT molecular complexity index is 3700. The number of nitrogens with zero attached hydrogens (tertiary/aromatic N) is 13. The van der Waals surface area contributed by atoms with Crippen molar-refractivity contribution < 1.29 is 101 Å². The number of allylic oxidation sites excluding steroid dienone is 1. The summed E-state index contributed by atoms with van der Waals surface area (Å²) >= 11 is 10.7. The number of halogens is 15. The van der Waals surface area contributed by atoms with Crippen molar-refractivity contribution >= 4 is 131 Å². The second-order valence-corrected chi connectivity index (χ2v) is 33.8. The summed E-state index contributed by atoms with van der Waals surface area (Å²) in [6.07, 6.45) is 3.64. The Hall–Kier alpha value is -7.32. The maximum absolute atomic E-state index is 14.1. The number of amides is 2. The van der Waals surface area contributed by atoms with E-state index in [1.54, 1.807) is 79.0 Å². The lowest BCUT2D eigenvalue weighted by molar-refractivity contribution is -0.153. The van der Waals surface area contributed by atoms with Crippen LogP contribution < -0.4 is 20.0 Å². The summed E-state index contributed by atoms with van der Waals surface area (Å²) in [6.45, 7) is 28.3. The molecule has 4 aromatic rings. The van der Waals surface area contributed by atoms with Crippen LogP contribution >= 0.6 is 57.0 Å². The van der Waals surface area contributed by atoms with Gasteiger partial charge in [-0.25, -0.2) is 97.6 Å². The summed E-state index contributed by atoms with van der Waals surface area (Å²) in [5.74, 6) is -3.67. The molecule has 11 atom stereocenters. The number of alkyl halides is 5. The summed E-state index contributed by atoms with van der Waals surface area (Å²) < 4.78 is 153. The predicted octanol–water partition coefficient (Wildman–Crippen LogP) is 14.8. The van der Waals surface area contributed by atoms with Crippen molar-refractivity contribution in [1.82, 2.24) is 55.0 Å². The normalized spacial score (nSPS) is 26.3. The van der Waals surface area contributed by atoms with E-state index in [0.717, 1.165) is 62.3 Å². The lowest BCUT2D eigenvalue weighted by Gasteiger charge is -2.40. The molecule has 42 heteroatoms. The Morgan fingerprint density at radius 1 is 0.487 bits per heavy atom. The van der Waals surface area contributed by atoms with E-state index in [1.165, 1.54) is 56.2 Å². The summed E-state index contributed by atoms with van der Waals surface area (Å²) in [6, 6.07) is 0. The number of carboxylic acids is 1. The van der Waals surface area contributed by atoms with Gasteiger partial charge in [-0.15, -0.1) is 12.4 Å². The number of piperidine rings is 5. The molecular formula is C73H103Cl5F10N14O12S. The van der Waals surface area contributed by atoms with Gasteiger partial charge < -0.3 is 39.5 Å². The predicted molar refractivity (Wildman–Crippen MR) is 418 cm³/mol. The number of carbonyl (C=O) groups is 8. The molecule has 0 saturated carbocycles. The minimum atomic E-state index is -1.67. The van der Waals surface area contributed by atoms with E-state index in [4.69, 9.17) is 42.0 Å². The number of Topliss-reactive ketones (excluding diaryl/α,β-unsaturated/α-hetero) is 4. The Morgan fingerprint density at radius 3 is 1.08 bits per heavy atom. The molecule has 648 valence electrons. The number of anilines is 3. The molecule has 0 bridgehead atoms. The number of aromatic nitrogens is 8. The van der Waals surface area contributed by atoms with Gasteiger partial charge in [0.05, 0.1) is 108 Å². The zero-order chi connectivity index (χ0) is 86.3. The summed E-state index contributed by atoms with van der Waals surface area (Å²) in [7, 11) is 7.36. The van der Waals surface area contributed by atoms with Crippen LogP contribution in [0.25, 0.3) is 0 Å². The highest BCUT2D eigenvalue weighted by Gasteiger charge is 2.50. The summed E-state index contributed by atoms with van der Waals surface area (Å²) in [5.41, 5.74) is -7.51. The first-order chi connectivity index (χ1) is 52.0. The second-order valence-electron chi connectivity index (χ2n) is 30.6. The monoisotopic (exact) mass is 1760 g/mol. The first-order valence-corrected chi connectivity index (χ1v) is 38.9. The molecule has 5 saturated heterocycles. The van der Waals surface area contributed by atoms with E-state index in [2.05, 4.69) is 66.6 Å². The molecule has 0 radical (unpaired) electrons. The van der Waals surface area contributed by atoms with Gasteiger partial charge in [0.2, 0.25) is 37.6 Å². The van der Waals surface area contributed by atoms with E-state index in [1.807, 2.05) is 0 Å². The molecule has 2 amide bonds. The van der Waals surface area contributed by atoms with E-state index < -0.39 is 136 Å². The fourth-order valence-electron chi connectivity index (χ4n) is 11.0. The molecule has 5 fully saturated rings. The lowest BCUT2D eigenvalue weighted by Crippen LogP contribution is -2.53. The highest BCUT2D eigenvalue weighted by atomic mass is 36.0. The molecule has 0 aromatic carbocycles. The topological polar surface area (TPSA) is 324 Å². The number of carboxylic acid groups (broad SMARTS) is 1. The Balaban J connectivity index is 0.000000671. The fourth-order valence-corrected chi connectivity index (χ4v) is 11.3. The van der Waals surface area contributed by atoms with Crippen molar-refractivity contribution in [3.8, 4) is 0 Å². The average Bonchev–Trinajstić information content (AvgIpc) is 0.817. The van der Waals surface area contributed by atoms with Crippen molar-refractivity contribution in [2.45, 2.75) is 199 Å². The van der Waals surface area contributed by atoms with Gasteiger partial charge in [0.1, 0.15) is 71.0 Å². The molecule has 10 rings (SSSR count). The number of ketones is 4. The third kappa shape index (κ3) is 31.5. The van der Waals surface area contributed by atoms with Crippen molar-refractivity contribution in [1.29, 1.82) is 0 Å². The molecular weight excluding hydrogens is 1660 g/mol. The van der Waals surface area contributed by atoms with Gasteiger partial charge in [-0.2, -0.15) is 0 Å². The third-order valence-corrected chi connectivity index (χ3v) is 20.7. The zero-order valence-corrected chi connectivity index (χ0v) is 70.6. The van der Waals surface area contributed by atoms with Gasteiger partial charge >= 0.3 is 18.2 Å². The van der Waals surface area contributed by atoms with E-state index in [0.29, 0.717) is 57.9 Å². The molecule has 1 unspecified atom stereocenters. The number of nitrogens with one attached hydrogen (secondary N) is 1. The van der Waals surface area contributed by atoms with Gasteiger partial charge in [-0.3, -0.25) is 33.7 Å². The maximum Gasteiger partial charge on any atom is 0.414 e. The summed E-state index contributed by atoms with van der Waals surface area (Å²) in [4.78, 5) is 128. The smallest absolute Gasteiger partial charge is 0.414 e. The highest BCUT2D eigenvalue weighted by molar-refractivity contribution is 8.26. The van der Waals surface area contributed by atoms with Crippen LogP contribution in [0, 0.1) is 55.8 Å². The van der Waals surface area contributed by atoms with Crippen LogP contribution in [0.4, 0.5) is 71.3 Å². The van der Waals surface area contributed by atoms with Crippen LogP contribution in [0.1, 0.15) is 157 Å².